The highest BCUT2D eigenvalue weighted by atomic mass is 16.5. The Kier molecular flexibility index (Phi) is 17.9. The molecule has 4 rings (SSSR count). The number of nitrogens with two attached hydrogens (primary N) is 1. The van der Waals surface area contributed by atoms with Gasteiger partial charge in [0, 0.05) is 45.3 Å². The molecule has 1 amide bonds. The van der Waals surface area contributed by atoms with E-state index in [4.69, 9.17) is 21.0 Å². The molecule has 1 fully saturated rings. The largest absolute Gasteiger partial charge is 0.457 e. The zero-order valence-corrected chi connectivity index (χ0v) is 27.1. The molecule has 244 valence electrons. The summed E-state index contributed by atoms with van der Waals surface area (Å²) >= 11 is 0. The smallest absolute Gasteiger partial charge is 0.348 e. The monoisotopic (exact) mass is 620 g/mol. The van der Waals surface area contributed by atoms with Gasteiger partial charge in [0.2, 0.25) is 5.91 Å². The number of aromatic nitrogens is 2. The van der Waals surface area contributed by atoms with Gasteiger partial charge in [-0.25, -0.2) is 4.79 Å². The number of H-pyrrole nitrogens is 1. The zero-order chi connectivity index (χ0) is 33.8. The minimum absolute atomic E-state index is 0.0338. The Hall–Kier alpha value is -4.74. The lowest BCUT2D eigenvalue weighted by atomic mass is 10.0. The summed E-state index contributed by atoms with van der Waals surface area (Å²) in [5.41, 5.74) is 7.58. The van der Waals surface area contributed by atoms with Gasteiger partial charge in [-0.05, 0) is 70.0 Å². The third kappa shape index (κ3) is 13.2. The van der Waals surface area contributed by atoms with E-state index in [-0.39, 0.29) is 47.9 Å². The van der Waals surface area contributed by atoms with Crippen LogP contribution in [-0.2, 0) is 9.53 Å². The molecule has 1 aliphatic rings. The molecule has 1 aliphatic heterocycles. The highest BCUT2D eigenvalue weighted by Crippen LogP contribution is 2.26. The van der Waals surface area contributed by atoms with Crippen LogP contribution in [0.5, 0.6) is 11.5 Å². The van der Waals surface area contributed by atoms with Crippen LogP contribution < -0.4 is 21.5 Å². The fraction of sp³-hybridized carbons (Fsp3) is 0.353. The lowest BCUT2D eigenvalue weighted by Crippen LogP contribution is -2.45. The molecular formula is C34H48N6O5. The Morgan fingerprint density at radius 3 is 2.20 bits per heavy atom. The molecule has 0 saturated carbocycles. The number of aromatic amines is 1. The molecule has 6 N–H and O–H groups in total. The molecular weight excluding hydrogens is 572 g/mol. The van der Waals surface area contributed by atoms with Gasteiger partial charge in [-0.15, -0.1) is 13.2 Å². The molecule has 1 atom stereocenters. The first-order valence-corrected chi connectivity index (χ1v) is 14.6. The number of ether oxygens (including phenoxy) is 2. The molecule has 3 aromatic rings. The van der Waals surface area contributed by atoms with Gasteiger partial charge in [-0.1, -0.05) is 29.8 Å². The number of hydrogen-bond acceptors (Lipinski definition) is 9. The average Bonchev–Trinajstić information content (AvgIpc) is 3.00. The Morgan fingerprint density at radius 2 is 1.67 bits per heavy atom. The molecule has 0 spiro atoms. The number of aryl methyl sites for hydroxylation is 1. The maximum absolute atomic E-state index is 12.2. The zero-order valence-electron chi connectivity index (χ0n) is 27.1. The van der Waals surface area contributed by atoms with Crippen LogP contribution in [0.25, 0.3) is 0 Å². The number of methoxy groups -OCH3 is 1. The number of anilines is 2. The van der Waals surface area contributed by atoms with E-state index in [1.54, 1.807) is 55.5 Å². The van der Waals surface area contributed by atoms with Gasteiger partial charge < -0.3 is 30.5 Å². The predicted molar refractivity (Wildman–Crippen MR) is 182 cm³/mol. The molecule has 1 aromatic heterocycles. The topological polar surface area (TPSA) is 167 Å². The van der Waals surface area contributed by atoms with Crippen LogP contribution in [0.15, 0.2) is 78.6 Å². The van der Waals surface area contributed by atoms with Crippen molar-refractivity contribution in [3.8, 4) is 11.5 Å². The number of carbonyl (C=O) groups excluding carboxylic acids is 1. The van der Waals surface area contributed by atoms with Crippen molar-refractivity contribution in [1.82, 2.24) is 14.9 Å². The fourth-order valence-corrected chi connectivity index (χ4v) is 4.19. The van der Waals surface area contributed by atoms with Gasteiger partial charge in [-0.2, -0.15) is 4.98 Å². The van der Waals surface area contributed by atoms with Crippen LogP contribution in [0.4, 0.5) is 11.6 Å². The SMILES string of the molecule is C=CC.C=CC.COC.Cc1ccc(Oc2ccc(C(=N)c3c(NC4CCCN(C(=O)CCO)C4)nc(=O)[nH]c3N)cc2)cc1. The second-order valence-corrected chi connectivity index (χ2v) is 10.0. The molecule has 2 aromatic carbocycles. The normalized spacial score (nSPS) is 13.3. The summed E-state index contributed by atoms with van der Waals surface area (Å²) in [6.45, 7) is 13.3. The van der Waals surface area contributed by atoms with Crippen molar-refractivity contribution in [2.75, 3.05) is 45.0 Å². The molecule has 45 heavy (non-hydrogen) atoms. The number of hydrogen-bond donors (Lipinski definition) is 5. The highest BCUT2D eigenvalue weighted by molar-refractivity contribution is 6.16. The number of piperidine rings is 1. The minimum atomic E-state index is -0.627. The molecule has 1 saturated heterocycles. The maximum atomic E-state index is 12.2. The van der Waals surface area contributed by atoms with Gasteiger partial charge >= 0.3 is 5.69 Å². The molecule has 0 radical (unpaired) electrons. The Bertz CT molecular complexity index is 1400. The van der Waals surface area contributed by atoms with E-state index in [9.17, 15) is 9.59 Å². The van der Waals surface area contributed by atoms with Crippen LogP contribution >= 0.6 is 0 Å². The summed E-state index contributed by atoms with van der Waals surface area (Å²) in [6.07, 6.45) is 5.10. The summed E-state index contributed by atoms with van der Waals surface area (Å²) in [4.78, 5) is 32.5. The fourth-order valence-electron chi connectivity index (χ4n) is 4.19. The number of amides is 1. The van der Waals surface area contributed by atoms with Gasteiger partial charge in [0.05, 0.1) is 17.9 Å². The standard InChI is InChI=1S/C26H30N6O4.2C3H6.C2H6O/c1-16-4-8-19(9-5-16)36-20-10-6-17(7-11-20)23(27)22-24(28)30-26(35)31-25(22)29-18-3-2-13-32(15-18)21(34)12-14-33;3*1-3-2/h4-11,18,27,33H,2-3,12-15H2,1H3,(H4,28,29,30,31,35);2*3H,1H2,2H3;1-2H3. The molecule has 2 heterocycles. The summed E-state index contributed by atoms with van der Waals surface area (Å²) in [6, 6.07) is 14.6. The van der Waals surface area contributed by atoms with Crippen LogP contribution in [0, 0.1) is 12.3 Å². The van der Waals surface area contributed by atoms with E-state index in [0.717, 1.165) is 18.4 Å². The Morgan fingerprint density at radius 1 is 1.13 bits per heavy atom. The second kappa shape index (κ2) is 21.0. The summed E-state index contributed by atoms with van der Waals surface area (Å²) in [5.74, 6) is 1.44. The van der Waals surface area contributed by atoms with E-state index in [2.05, 4.69) is 33.2 Å². The van der Waals surface area contributed by atoms with Crippen molar-refractivity contribution in [1.29, 1.82) is 5.41 Å². The number of rotatable bonds is 8. The maximum Gasteiger partial charge on any atom is 0.348 e. The van der Waals surface area contributed by atoms with E-state index in [1.165, 1.54) is 0 Å². The average molecular weight is 621 g/mol. The van der Waals surface area contributed by atoms with Gasteiger partial charge in [-0.3, -0.25) is 15.2 Å². The minimum Gasteiger partial charge on any atom is -0.457 e. The van der Waals surface area contributed by atoms with Gasteiger partial charge in [0.1, 0.15) is 23.1 Å². The third-order valence-corrected chi connectivity index (χ3v) is 6.05. The lowest BCUT2D eigenvalue weighted by Gasteiger charge is -2.33. The van der Waals surface area contributed by atoms with Gasteiger partial charge in [0.15, 0.2) is 0 Å². The first-order valence-electron chi connectivity index (χ1n) is 14.6. The van der Waals surface area contributed by atoms with Crippen LogP contribution in [0.2, 0.25) is 0 Å². The van der Waals surface area contributed by atoms with Crippen molar-refractivity contribution in [3.05, 3.63) is 101 Å². The van der Waals surface area contributed by atoms with E-state index < -0.39 is 5.69 Å². The number of aliphatic hydroxyl groups excluding tert-OH is 1. The van der Waals surface area contributed by atoms with E-state index >= 15 is 0 Å². The molecule has 11 nitrogen and oxygen atoms in total. The van der Waals surface area contributed by atoms with Crippen molar-refractivity contribution >= 4 is 23.3 Å². The number of nitrogens with one attached hydrogen (secondary N) is 3. The second-order valence-electron chi connectivity index (χ2n) is 10.0. The third-order valence-electron chi connectivity index (χ3n) is 6.05. The van der Waals surface area contributed by atoms with Crippen molar-refractivity contribution in [2.45, 2.75) is 46.1 Å². The molecule has 0 bridgehead atoms. The van der Waals surface area contributed by atoms with Crippen LogP contribution in [-0.4, -0.2) is 71.6 Å². The lowest BCUT2D eigenvalue weighted by molar-refractivity contribution is -0.132. The number of likely N-dealkylation sites (tertiary alicyclic amines) is 1. The molecule has 11 heteroatoms. The summed E-state index contributed by atoms with van der Waals surface area (Å²) in [7, 11) is 3.25. The molecule has 1 unspecified atom stereocenters. The highest BCUT2D eigenvalue weighted by Gasteiger charge is 2.26. The quantitative estimate of drug-likeness (QED) is 0.167. The van der Waals surface area contributed by atoms with Crippen LogP contribution in [0.1, 0.15) is 49.8 Å². The van der Waals surface area contributed by atoms with Crippen molar-refractivity contribution in [3.63, 3.8) is 0 Å². The number of carbonyl (C=O) groups is 1. The van der Waals surface area contributed by atoms with Crippen molar-refractivity contribution < 1.29 is 19.4 Å². The number of aliphatic hydroxyl groups is 1. The summed E-state index contributed by atoms with van der Waals surface area (Å²) in [5, 5.41) is 21.1. The number of allylic oxidation sites excluding steroid dienone is 2. The van der Waals surface area contributed by atoms with E-state index in [1.807, 2.05) is 45.0 Å². The van der Waals surface area contributed by atoms with Crippen molar-refractivity contribution in [2.24, 2.45) is 0 Å². The summed E-state index contributed by atoms with van der Waals surface area (Å²) < 4.78 is 10.1. The number of benzene rings is 2. The first kappa shape index (κ1) is 38.3. The number of nitrogens with zero attached hydrogens (tertiary/aromatic N) is 2. The molecule has 0 aliphatic carbocycles. The van der Waals surface area contributed by atoms with Gasteiger partial charge in [0.25, 0.3) is 0 Å². The van der Waals surface area contributed by atoms with Crippen LogP contribution in [0.3, 0.4) is 0 Å². The Labute approximate surface area is 266 Å². The number of nitrogen functional groups attached to an aromatic ring is 1. The van der Waals surface area contributed by atoms with E-state index in [0.29, 0.717) is 30.2 Å². The predicted octanol–water partition coefficient (Wildman–Crippen LogP) is 5.30. The Balaban J connectivity index is 0.00000101. The first-order chi connectivity index (χ1) is 21.6.